The highest BCUT2D eigenvalue weighted by molar-refractivity contribution is 6.04. The predicted molar refractivity (Wildman–Crippen MR) is 77.4 cm³/mol. The molecule has 2 aromatic rings. The van der Waals surface area contributed by atoms with Crippen LogP contribution in [0.4, 0.5) is 11.4 Å². The van der Waals surface area contributed by atoms with Crippen LogP contribution < -0.4 is 15.4 Å². The molecule has 0 unspecified atom stereocenters. The van der Waals surface area contributed by atoms with Crippen molar-refractivity contribution in [3.8, 4) is 5.75 Å². The van der Waals surface area contributed by atoms with Crippen molar-refractivity contribution in [2.45, 2.75) is 13.0 Å². The first-order chi connectivity index (χ1) is 10.1. The summed E-state index contributed by atoms with van der Waals surface area (Å²) >= 11 is 0. The first-order valence-corrected chi connectivity index (χ1v) is 6.47. The molecular formula is C15H13N3O3. The summed E-state index contributed by atoms with van der Waals surface area (Å²) in [5.41, 5.74) is 1.42. The number of amides is 2. The second kappa shape index (κ2) is 5.24. The fourth-order valence-electron chi connectivity index (χ4n) is 1.98. The van der Waals surface area contributed by atoms with Crippen molar-refractivity contribution in [2.75, 3.05) is 10.6 Å². The maximum absolute atomic E-state index is 12.0. The molecule has 106 valence electrons. The topological polar surface area (TPSA) is 80.3 Å². The Labute approximate surface area is 121 Å². The Bertz CT molecular complexity index is 701. The molecule has 1 aliphatic rings. The zero-order chi connectivity index (χ0) is 14.8. The number of rotatable bonds is 2. The summed E-state index contributed by atoms with van der Waals surface area (Å²) in [6.07, 6.45) is 1.03. The second-order valence-electron chi connectivity index (χ2n) is 4.63. The van der Waals surface area contributed by atoms with E-state index in [9.17, 15) is 9.59 Å². The highest BCUT2D eigenvalue weighted by atomic mass is 16.5. The van der Waals surface area contributed by atoms with E-state index in [-0.39, 0.29) is 11.8 Å². The molecule has 6 nitrogen and oxygen atoms in total. The van der Waals surface area contributed by atoms with Gasteiger partial charge < -0.3 is 15.4 Å². The van der Waals surface area contributed by atoms with Crippen LogP contribution in [0, 0.1) is 0 Å². The molecule has 21 heavy (non-hydrogen) atoms. The number of pyridine rings is 1. The Morgan fingerprint density at radius 3 is 2.95 bits per heavy atom. The molecule has 0 saturated heterocycles. The Hall–Kier alpha value is -2.89. The van der Waals surface area contributed by atoms with Crippen molar-refractivity contribution < 1.29 is 14.3 Å². The zero-order valence-corrected chi connectivity index (χ0v) is 11.3. The number of ether oxygens (including phenoxy) is 1. The average molecular weight is 283 g/mol. The highest BCUT2D eigenvalue weighted by Crippen LogP contribution is 2.32. The van der Waals surface area contributed by atoms with Gasteiger partial charge in [-0.05, 0) is 37.3 Å². The second-order valence-corrected chi connectivity index (χ2v) is 4.63. The first kappa shape index (κ1) is 13.1. The fraction of sp³-hybridized carbons (Fsp3) is 0.133. The van der Waals surface area contributed by atoms with Gasteiger partial charge in [0.05, 0.1) is 5.69 Å². The molecule has 0 spiro atoms. The molecular weight excluding hydrogens is 270 g/mol. The van der Waals surface area contributed by atoms with Crippen LogP contribution in [0.3, 0.4) is 0 Å². The summed E-state index contributed by atoms with van der Waals surface area (Å²) in [5.74, 6) is 0.0561. The lowest BCUT2D eigenvalue weighted by Crippen LogP contribution is -2.34. The number of hydrogen-bond donors (Lipinski definition) is 2. The molecule has 1 aromatic heterocycles. The van der Waals surface area contributed by atoms with E-state index >= 15 is 0 Å². The number of aromatic nitrogens is 1. The number of hydrogen-bond acceptors (Lipinski definition) is 4. The van der Waals surface area contributed by atoms with Crippen molar-refractivity contribution in [3.63, 3.8) is 0 Å². The zero-order valence-electron chi connectivity index (χ0n) is 11.3. The Kier molecular flexibility index (Phi) is 3.27. The van der Waals surface area contributed by atoms with Gasteiger partial charge in [0, 0.05) is 11.9 Å². The van der Waals surface area contributed by atoms with Crippen LogP contribution in [0.1, 0.15) is 17.4 Å². The molecule has 2 heterocycles. The van der Waals surface area contributed by atoms with Gasteiger partial charge in [-0.25, -0.2) is 0 Å². The number of anilines is 2. The van der Waals surface area contributed by atoms with E-state index in [4.69, 9.17) is 4.74 Å². The third-order valence-electron chi connectivity index (χ3n) is 3.07. The molecule has 2 N–H and O–H groups in total. The molecule has 0 fully saturated rings. The monoisotopic (exact) mass is 283 g/mol. The summed E-state index contributed by atoms with van der Waals surface area (Å²) in [4.78, 5) is 27.6. The van der Waals surface area contributed by atoms with E-state index in [0.29, 0.717) is 22.8 Å². The van der Waals surface area contributed by atoms with Gasteiger partial charge in [0.2, 0.25) is 0 Å². The molecule has 0 radical (unpaired) electrons. The minimum atomic E-state index is -0.522. The summed E-state index contributed by atoms with van der Waals surface area (Å²) in [6, 6.07) is 10.2. The Balaban J connectivity index is 1.80. The normalized spacial score (nSPS) is 16.4. The minimum Gasteiger partial charge on any atom is -0.479 e. The molecule has 2 amide bonds. The molecule has 1 aromatic carbocycles. The smallest absolute Gasteiger partial charge is 0.274 e. The van der Waals surface area contributed by atoms with Gasteiger partial charge in [0.25, 0.3) is 11.8 Å². The molecule has 6 heteroatoms. The standard InChI is InChI=1S/C15H13N3O3/c1-9-14(19)18-12-8-10(5-6-13(12)21-9)17-15(20)11-4-2-3-7-16-11/h2-9H,1H3,(H,17,20)(H,18,19)/t9-/m1/s1. The summed E-state index contributed by atoms with van der Waals surface area (Å²) in [7, 11) is 0. The summed E-state index contributed by atoms with van der Waals surface area (Å²) < 4.78 is 5.45. The number of nitrogens with zero attached hydrogens (tertiary/aromatic N) is 1. The number of benzene rings is 1. The first-order valence-electron chi connectivity index (χ1n) is 6.47. The van der Waals surface area contributed by atoms with Crippen molar-refractivity contribution in [2.24, 2.45) is 0 Å². The van der Waals surface area contributed by atoms with Crippen LogP contribution in [0.15, 0.2) is 42.6 Å². The number of fused-ring (bicyclic) bond motifs is 1. The Morgan fingerprint density at radius 1 is 1.33 bits per heavy atom. The molecule has 1 atom stereocenters. The lowest BCUT2D eigenvalue weighted by Gasteiger charge is -2.23. The minimum absolute atomic E-state index is 0.212. The van der Waals surface area contributed by atoms with E-state index in [0.717, 1.165) is 0 Å². The van der Waals surface area contributed by atoms with Crippen LogP contribution in [0.5, 0.6) is 5.75 Å². The van der Waals surface area contributed by atoms with Crippen molar-refractivity contribution in [1.29, 1.82) is 0 Å². The summed E-state index contributed by atoms with van der Waals surface area (Å²) in [6.45, 7) is 1.68. The van der Waals surface area contributed by atoms with Crippen LogP contribution in [0.25, 0.3) is 0 Å². The molecule has 3 rings (SSSR count). The molecule has 1 aliphatic heterocycles. The van der Waals surface area contributed by atoms with E-state index < -0.39 is 6.10 Å². The molecule has 0 saturated carbocycles. The fourth-order valence-corrected chi connectivity index (χ4v) is 1.98. The van der Waals surface area contributed by atoms with E-state index in [1.807, 2.05) is 0 Å². The number of nitrogens with one attached hydrogen (secondary N) is 2. The van der Waals surface area contributed by atoms with Gasteiger partial charge in [-0.3, -0.25) is 14.6 Å². The Morgan fingerprint density at radius 2 is 2.19 bits per heavy atom. The van der Waals surface area contributed by atoms with Gasteiger partial charge >= 0.3 is 0 Å². The third-order valence-corrected chi connectivity index (χ3v) is 3.07. The van der Waals surface area contributed by atoms with Crippen LogP contribution in [-0.2, 0) is 4.79 Å². The highest BCUT2D eigenvalue weighted by Gasteiger charge is 2.23. The van der Waals surface area contributed by atoms with Crippen molar-refractivity contribution in [3.05, 3.63) is 48.3 Å². The van der Waals surface area contributed by atoms with Gasteiger partial charge in [0.15, 0.2) is 6.10 Å². The van der Waals surface area contributed by atoms with Crippen LogP contribution >= 0.6 is 0 Å². The van der Waals surface area contributed by atoms with Gasteiger partial charge in [-0.15, -0.1) is 0 Å². The lowest BCUT2D eigenvalue weighted by atomic mass is 10.2. The van der Waals surface area contributed by atoms with Crippen molar-refractivity contribution in [1.82, 2.24) is 4.98 Å². The van der Waals surface area contributed by atoms with Gasteiger partial charge in [-0.2, -0.15) is 0 Å². The third kappa shape index (κ3) is 2.69. The largest absolute Gasteiger partial charge is 0.479 e. The van der Waals surface area contributed by atoms with E-state index in [1.165, 1.54) is 0 Å². The maximum Gasteiger partial charge on any atom is 0.274 e. The van der Waals surface area contributed by atoms with Gasteiger partial charge in [-0.1, -0.05) is 6.07 Å². The van der Waals surface area contributed by atoms with E-state index in [1.54, 1.807) is 49.5 Å². The maximum atomic E-state index is 12.0. The predicted octanol–water partition coefficient (Wildman–Crippen LogP) is 2.05. The average Bonchev–Trinajstić information content (AvgIpc) is 2.49. The van der Waals surface area contributed by atoms with Crippen molar-refractivity contribution >= 4 is 23.2 Å². The van der Waals surface area contributed by atoms with Crippen LogP contribution in [0.2, 0.25) is 0 Å². The van der Waals surface area contributed by atoms with Gasteiger partial charge in [0.1, 0.15) is 11.4 Å². The summed E-state index contributed by atoms with van der Waals surface area (Å²) in [5, 5.41) is 5.46. The quantitative estimate of drug-likeness (QED) is 0.884. The number of carbonyl (C=O) groups is 2. The SMILES string of the molecule is C[C@H]1Oc2ccc(NC(=O)c3ccccn3)cc2NC1=O. The lowest BCUT2D eigenvalue weighted by molar-refractivity contribution is -0.122. The molecule has 0 bridgehead atoms. The van der Waals surface area contributed by atoms with E-state index in [2.05, 4.69) is 15.6 Å². The molecule has 0 aliphatic carbocycles. The van der Waals surface area contributed by atoms with Crippen LogP contribution in [-0.4, -0.2) is 22.9 Å². The number of carbonyl (C=O) groups excluding carboxylic acids is 2.